The quantitative estimate of drug-likeness (QED) is 0.735. The molecule has 2 heteroatoms. The molecular weight excluding hydrogens is 234 g/mol. The maximum Gasteiger partial charge on any atom is 0.220 e. The predicted molar refractivity (Wildman–Crippen MR) is 80.7 cm³/mol. The number of amides is 1. The molecule has 0 heterocycles. The van der Waals surface area contributed by atoms with Crippen LogP contribution in [0.5, 0.6) is 0 Å². The van der Waals surface area contributed by atoms with E-state index in [1.807, 2.05) is 30.3 Å². The molecule has 104 valence electrons. The lowest BCUT2D eigenvalue weighted by molar-refractivity contribution is -0.122. The summed E-state index contributed by atoms with van der Waals surface area (Å²) in [6, 6.07) is 10.0. The lowest BCUT2D eigenvalue weighted by Gasteiger charge is -2.10. The van der Waals surface area contributed by atoms with Gasteiger partial charge in [-0.05, 0) is 38.2 Å². The fraction of sp³-hybridized carbons (Fsp3) is 0.471. The Morgan fingerprint density at radius 2 is 1.95 bits per heavy atom. The first kappa shape index (κ1) is 15.5. The van der Waals surface area contributed by atoms with Crippen LogP contribution in [0.15, 0.2) is 42.0 Å². The highest BCUT2D eigenvalue weighted by atomic mass is 16.1. The van der Waals surface area contributed by atoms with Crippen molar-refractivity contribution in [2.45, 2.75) is 46.6 Å². The van der Waals surface area contributed by atoms with E-state index >= 15 is 0 Å². The number of allylic oxidation sites excluding steroid dienone is 2. The summed E-state index contributed by atoms with van der Waals surface area (Å²) in [5.74, 6) is 0.583. The molecule has 1 atom stereocenters. The van der Waals surface area contributed by atoms with E-state index in [0.717, 1.165) is 18.4 Å². The molecule has 1 aromatic rings. The Balaban J connectivity index is 2.22. The van der Waals surface area contributed by atoms with E-state index in [1.165, 1.54) is 5.57 Å². The van der Waals surface area contributed by atoms with E-state index < -0.39 is 0 Å². The molecule has 0 radical (unpaired) electrons. The summed E-state index contributed by atoms with van der Waals surface area (Å²) < 4.78 is 0. The van der Waals surface area contributed by atoms with E-state index in [0.29, 0.717) is 18.9 Å². The zero-order chi connectivity index (χ0) is 14.1. The maximum absolute atomic E-state index is 11.8. The molecule has 0 aromatic heterocycles. The number of nitrogens with one attached hydrogen (secondary N) is 1. The van der Waals surface area contributed by atoms with Crippen molar-refractivity contribution >= 4 is 5.91 Å². The first-order valence-electron chi connectivity index (χ1n) is 7.02. The number of carbonyl (C=O) groups is 1. The van der Waals surface area contributed by atoms with Crippen LogP contribution in [0, 0.1) is 5.92 Å². The zero-order valence-corrected chi connectivity index (χ0v) is 12.3. The predicted octanol–water partition coefficient (Wildman–Crippen LogP) is 4.08. The van der Waals surface area contributed by atoms with Gasteiger partial charge < -0.3 is 5.32 Å². The number of carbonyl (C=O) groups excluding carboxylic acids is 1. The van der Waals surface area contributed by atoms with Gasteiger partial charge in [-0.15, -0.1) is 0 Å². The lowest BCUT2D eigenvalue weighted by Crippen LogP contribution is -2.24. The molecule has 0 bridgehead atoms. The van der Waals surface area contributed by atoms with Gasteiger partial charge >= 0.3 is 0 Å². The smallest absolute Gasteiger partial charge is 0.220 e. The standard InChI is InChI=1S/C17H25NO/c1-14(2)8-7-9-15(3)12-17(19)18-13-16-10-5-4-6-11-16/h4-6,8,10-11,15H,7,9,12-13H2,1-3H3,(H,18,19). The monoisotopic (exact) mass is 259 g/mol. The van der Waals surface area contributed by atoms with E-state index in [4.69, 9.17) is 0 Å². The molecule has 0 aliphatic heterocycles. The van der Waals surface area contributed by atoms with Crippen LogP contribution in [0.25, 0.3) is 0 Å². The largest absolute Gasteiger partial charge is 0.352 e. The second kappa shape index (κ2) is 8.52. The van der Waals surface area contributed by atoms with Gasteiger partial charge in [0.25, 0.3) is 0 Å². The van der Waals surface area contributed by atoms with E-state index in [1.54, 1.807) is 0 Å². The van der Waals surface area contributed by atoms with Crippen LogP contribution in [0.3, 0.4) is 0 Å². The summed E-state index contributed by atoms with van der Waals surface area (Å²) in [6.45, 7) is 6.98. The molecular formula is C17H25NO. The minimum atomic E-state index is 0.147. The summed E-state index contributed by atoms with van der Waals surface area (Å²) in [4.78, 5) is 11.8. The van der Waals surface area contributed by atoms with Crippen molar-refractivity contribution in [2.24, 2.45) is 5.92 Å². The first-order valence-corrected chi connectivity index (χ1v) is 7.02. The molecule has 0 aliphatic carbocycles. The maximum atomic E-state index is 11.8. The van der Waals surface area contributed by atoms with Gasteiger partial charge in [0.15, 0.2) is 0 Å². The Morgan fingerprint density at radius 3 is 2.58 bits per heavy atom. The molecule has 2 nitrogen and oxygen atoms in total. The van der Waals surface area contributed by atoms with Crippen molar-refractivity contribution in [3.8, 4) is 0 Å². The van der Waals surface area contributed by atoms with Crippen LogP contribution in [-0.2, 0) is 11.3 Å². The van der Waals surface area contributed by atoms with Crippen LogP contribution in [0.4, 0.5) is 0 Å². The van der Waals surface area contributed by atoms with Crippen molar-refractivity contribution in [1.29, 1.82) is 0 Å². The fourth-order valence-electron chi connectivity index (χ4n) is 1.94. The molecule has 1 unspecified atom stereocenters. The van der Waals surface area contributed by atoms with Gasteiger partial charge in [0, 0.05) is 13.0 Å². The lowest BCUT2D eigenvalue weighted by atomic mass is 10.0. The Labute approximate surface area is 116 Å². The molecule has 0 saturated carbocycles. The molecule has 1 rings (SSSR count). The SMILES string of the molecule is CC(C)=CCCC(C)CC(=O)NCc1ccccc1. The highest BCUT2D eigenvalue weighted by molar-refractivity contribution is 5.76. The van der Waals surface area contributed by atoms with Gasteiger partial charge in [0.05, 0.1) is 0 Å². The summed E-state index contributed by atoms with van der Waals surface area (Å²) in [5.41, 5.74) is 2.49. The average molecular weight is 259 g/mol. The van der Waals surface area contributed by atoms with Crippen molar-refractivity contribution in [3.63, 3.8) is 0 Å². The molecule has 0 spiro atoms. The summed E-state index contributed by atoms with van der Waals surface area (Å²) in [7, 11) is 0. The molecule has 1 aromatic carbocycles. The van der Waals surface area contributed by atoms with Crippen molar-refractivity contribution in [3.05, 3.63) is 47.5 Å². The highest BCUT2D eigenvalue weighted by Crippen LogP contribution is 2.11. The zero-order valence-electron chi connectivity index (χ0n) is 12.3. The first-order chi connectivity index (χ1) is 9.08. The molecule has 1 amide bonds. The molecule has 1 N–H and O–H groups in total. The van der Waals surface area contributed by atoms with Crippen LogP contribution in [0.2, 0.25) is 0 Å². The number of hydrogen-bond acceptors (Lipinski definition) is 1. The molecule has 0 saturated heterocycles. The topological polar surface area (TPSA) is 29.1 Å². The average Bonchev–Trinajstić information content (AvgIpc) is 2.37. The van der Waals surface area contributed by atoms with Gasteiger partial charge in [0.1, 0.15) is 0 Å². The summed E-state index contributed by atoms with van der Waals surface area (Å²) in [5, 5.41) is 2.97. The van der Waals surface area contributed by atoms with Crippen LogP contribution in [0.1, 0.15) is 45.6 Å². The van der Waals surface area contributed by atoms with Crippen molar-refractivity contribution < 1.29 is 4.79 Å². The fourth-order valence-corrected chi connectivity index (χ4v) is 1.94. The number of rotatable bonds is 7. The minimum Gasteiger partial charge on any atom is -0.352 e. The van der Waals surface area contributed by atoms with Crippen molar-refractivity contribution in [2.75, 3.05) is 0 Å². The van der Waals surface area contributed by atoms with E-state index in [9.17, 15) is 4.79 Å². The normalized spacial score (nSPS) is 11.7. The Hall–Kier alpha value is -1.57. The Morgan fingerprint density at radius 1 is 1.26 bits per heavy atom. The number of benzene rings is 1. The summed E-state index contributed by atoms with van der Waals surface area (Å²) in [6.07, 6.45) is 4.99. The third kappa shape index (κ3) is 7.45. The van der Waals surface area contributed by atoms with E-state index in [2.05, 4.69) is 32.2 Å². The van der Waals surface area contributed by atoms with Gasteiger partial charge in [0.2, 0.25) is 5.91 Å². The Bertz CT molecular complexity index is 405. The van der Waals surface area contributed by atoms with E-state index in [-0.39, 0.29) is 5.91 Å². The third-order valence-electron chi connectivity index (χ3n) is 3.08. The summed E-state index contributed by atoms with van der Waals surface area (Å²) >= 11 is 0. The van der Waals surface area contributed by atoms with Crippen molar-refractivity contribution in [1.82, 2.24) is 5.32 Å². The highest BCUT2D eigenvalue weighted by Gasteiger charge is 2.08. The van der Waals surface area contributed by atoms with Gasteiger partial charge in [-0.3, -0.25) is 4.79 Å². The van der Waals surface area contributed by atoms with Crippen LogP contribution in [-0.4, -0.2) is 5.91 Å². The van der Waals surface area contributed by atoms with Crippen LogP contribution >= 0.6 is 0 Å². The second-order valence-corrected chi connectivity index (χ2v) is 5.43. The Kier molecular flexibility index (Phi) is 6.94. The van der Waals surface area contributed by atoms with Crippen LogP contribution < -0.4 is 5.32 Å². The molecule has 19 heavy (non-hydrogen) atoms. The minimum absolute atomic E-state index is 0.147. The second-order valence-electron chi connectivity index (χ2n) is 5.43. The number of hydrogen-bond donors (Lipinski definition) is 1. The molecule has 0 fully saturated rings. The third-order valence-corrected chi connectivity index (χ3v) is 3.08. The van der Waals surface area contributed by atoms with Gasteiger partial charge in [-0.1, -0.05) is 48.9 Å². The van der Waals surface area contributed by atoms with Gasteiger partial charge in [-0.25, -0.2) is 0 Å². The van der Waals surface area contributed by atoms with Gasteiger partial charge in [-0.2, -0.15) is 0 Å². The molecule has 0 aliphatic rings.